The molecule has 0 radical (unpaired) electrons. The van der Waals surface area contributed by atoms with Crippen LogP contribution in [0.15, 0.2) is 0 Å². The molecule has 1 atom stereocenters. The summed E-state index contributed by atoms with van der Waals surface area (Å²) in [5.41, 5.74) is 0. The summed E-state index contributed by atoms with van der Waals surface area (Å²) in [7, 11) is 3.64. The van der Waals surface area contributed by atoms with Gasteiger partial charge in [0.25, 0.3) is 0 Å². The second-order valence-electron chi connectivity index (χ2n) is 4.80. The van der Waals surface area contributed by atoms with Gasteiger partial charge in [-0.05, 0) is 6.42 Å². The fourth-order valence-corrected chi connectivity index (χ4v) is 2.47. The first-order valence-corrected chi connectivity index (χ1v) is 8.49. The van der Waals surface area contributed by atoms with Gasteiger partial charge in [-0.2, -0.15) is 0 Å². The van der Waals surface area contributed by atoms with Crippen LogP contribution in [-0.2, 0) is 38.2 Å². The SMILES string of the molecule is COC(=O)CCC(=O)NC(CCSC(=O)CCC(=O)OC)C(=O)OC. The average molecular weight is 377 g/mol. The lowest BCUT2D eigenvalue weighted by Crippen LogP contribution is -2.42. The summed E-state index contributed by atoms with van der Waals surface area (Å²) in [6.07, 6.45) is -0.0215. The molecule has 0 bridgehead atoms. The van der Waals surface area contributed by atoms with Crippen molar-refractivity contribution in [2.24, 2.45) is 0 Å². The fourth-order valence-electron chi connectivity index (χ4n) is 1.64. The molecular formula is C15H23NO8S. The second-order valence-corrected chi connectivity index (χ2v) is 5.96. The summed E-state index contributed by atoms with van der Waals surface area (Å²) in [6, 6.07) is -0.920. The number of nitrogens with one attached hydrogen (secondary N) is 1. The van der Waals surface area contributed by atoms with E-state index in [9.17, 15) is 24.0 Å². The lowest BCUT2D eigenvalue weighted by molar-refractivity contribution is -0.145. The van der Waals surface area contributed by atoms with Gasteiger partial charge in [0.05, 0.1) is 34.2 Å². The lowest BCUT2D eigenvalue weighted by atomic mass is 10.2. The van der Waals surface area contributed by atoms with Crippen LogP contribution in [0.1, 0.15) is 32.1 Å². The molecule has 0 fully saturated rings. The first-order valence-electron chi connectivity index (χ1n) is 7.50. The zero-order valence-corrected chi connectivity index (χ0v) is 15.3. The van der Waals surface area contributed by atoms with E-state index in [1.165, 1.54) is 21.3 Å². The molecule has 0 aromatic heterocycles. The van der Waals surface area contributed by atoms with Crippen LogP contribution in [0.3, 0.4) is 0 Å². The molecule has 0 aliphatic rings. The van der Waals surface area contributed by atoms with E-state index in [4.69, 9.17) is 0 Å². The Bertz CT molecular complexity index is 494. The number of hydrogen-bond acceptors (Lipinski definition) is 9. The Balaban J connectivity index is 4.29. The average Bonchev–Trinajstić information content (AvgIpc) is 2.62. The number of methoxy groups -OCH3 is 3. The molecule has 0 aliphatic heterocycles. The van der Waals surface area contributed by atoms with Crippen LogP contribution in [0, 0.1) is 0 Å². The molecule has 0 spiro atoms. The van der Waals surface area contributed by atoms with Gasteiger partial charge in [0.2, 0.25) is 5.91 Å². The van der Waals surface area contributed by atoms with Crippen LogP contribution in [0.5, 0.6) is 0 Å². The molecule has 0 heterocycles. The number of carbonyl (C=O) groups excluding carboxylic acids is 5. The third-order valence-corrected chi connectivity index (χ3v) is 4.00. The normalized spacial score (nSPS) is 11.2. The van der Waals surface area contributed by atoms with Crippen LogP contribution in [-0.4, -0.2) is 62.1 Å². The highest BCUT2D eigenvalue weighted by atomic mass is 32.2. The third kappa shape index (κ3) is 11.1. The highest BCUT2D eigenvalue weighted by molar-refractivity contribution is 8.13. The maximum atomic E-state index is 11.7. The van der Waals surface area contributed by atoms with Crippen LogP contribution in [0.4, 0.5) is 0 Å². The lowest BCUT2D eigenvalue weighted by Gasteiger charge is -2.16. The minimum Gasteiger partial charge on any atom is -0.469 e. The van der Waals surface area contributed by atoms with Gasteiger partial charge < -0.3 is 19.5 Å². The Labute approximate surface area is 150 Å². The van der Waals surface area contributed by atoms with Gasteiger partial charge >= 0.3 is 17.9 Å². The molecule has 0 saturated heterocycles. The standard InChI is InChI=1S/C15H23NO8S/c1-22-12(18)5-4-11(17)16-10(15(21)24-3)8-9-25-14(20)7-6-13(19)23-2/h10H,4-9H2,1-3H3,(H,16,17). The molecule has 1 amide bonds. The fraction of sp³-hybridized carbons (Fsp3) is 0.667. The molecule has 1 unspecified atom stereocenters. The minimum atomic E-state index is -0.920. The molecular weight excluding hydrogens is 354 g/mol. The second kappa shape index (κ2) is 13.2. The predicted octanol–water partition coefficient (Wildman–Crippen LogP) is 0.201. The Morgan fingerprint density at radius 3 is 1.92 bits per heavy atom. The molecule has 0 aliphatic carbocycles. The van der Waals surface area contributed by atoms with E-state index in [2.05, 4.69) is 19.5 Å². The molecule has 0 saturated carbocycles. The van der Waals surface area contributed by atoms with Crippen molar-refractivity contribution < 1.29 is 38.2 Å². The van der Waals surface area contributed by atoms with Crippen molar-refractivity contribution >= 4 is 40.7 Å². The summed E-state index contributed by atoms with van der Waals surface area (Å²) >= 11 is 0.954. The van der Waals surface area contributed by atoms with E-state index in [-0.39, 0.29) is 43.0 Å². The van der Waals surface area contributed by atoms with Crippen molar-refractivity contribution in [3.05, 3.63) is 0 Å². The summed E-state index contributed by atoms with van der Waals surface area (Å²) in [5.74, 6) is -1.88. The van der Waals surface area contributed by atoms with Crippen molar-refractivity contribution in [1.29, 1.82) is 0 Å². The van der Waals surface area contributed by atoms with Crippen LogP contribution in [0.25, 0.3) is 0 Å². The van der Waals surface area contributed by atoms with E-state index in [1.54, 1.807) is 0 Å². The number of ether oxygens (including phenoxy) is 3. The summed E-state index contributed by atoms with van der Waals surface area (Å²) < 4.78 is 13.5. The van der Waals surface area contributed by atoms with Gasteiger partial charge in [0.1, 0.15) is 6.04 Å². The summed E-state index contributed by atoms with van der Waals surface area (Å²) in [6.45, 7) is 0. The number of hydrogen-bond donors (Lipinski definition) is 1. The van der Waals surface area contributed by atoms with E-state index in [0.29, 0.717) is 0 Å². The number of amides is 1. The summed E-state index contributed by atoms with van der Waals surface area (Å²) in [5, 5.41) is 2.24. The number of rotatable bonds is 11. The summed E-state index contributed by atoms with van der Waals surface area (Å²) in [4.78, 5) is 57.0. The molecule has 0 aromatic carbocycles. The first-order chi connectivity index (χ1) is 11.8. The zero-order chi connectivity index (χ0) is 19.2. The first kappa shape index (κ1) is 22.9. The molecule has 25 heavy (non-hydrogen) atoms. The monoisotopic (exact) mass is 377 g/mol. The largest absolute Gasteiger partial charge is 0.469 e. The maximum Gasteiger partial charge on any atom is 0.328 e. The molecule has 0 rings (SSSR count). The topological polar surface area (TPSA) is 125 Å². The maximum absolute atomic E-state index is 11.7. The van der Waals surface area contributed by atoms with E-state index < -0.39 is 29.9 Å². The van der Waals surface area contributed by atoms with Crippen LogP contribution >= 0.6 is 11.8 Å². The van der Waals surface area contributed by atoms with Gasteiger partial charge in [-0.25, -0.2) is 4.79 Å². The Hall–Kier alpha value is -2.10. The van der Waals surface area contributed by atoms with E-state index in [0.717, 1.165) is 11.8 Å². The minimum absolute atomic E-state index is 0.00692. The van der Waals surface area contributed by atoms with Crippen molar-refractivity contribution in [2.45, 2.75) is 38.1 Å². The van der Waals surface area contributed by atoms with Crippen LogP contribution in [0.2, 0.25) is 0 Å². The smallest absolute Gasteiger partial charge is 0.328 e. The highest BCUT2D eigenvalue weighted by Gasteiger charge is 2.22. The number of carbonyl (C=O) groups is 5. The zero-order valence-electron chi connectivity index (χ0n) is 14.5. The molecule has 142 valence electrons. The number of esters is 3. The van der Waals surface area contributed by atoms with Crippen molar-refractivity contribution in [3.8, 4) is 0 Å². The van der Waals surface area contributed by atoms with Gasteiger partial charge in [-0.15, -0.1) is 0 Å². The van der Waals surface area contributed by atoms with Gasteiger partial charge in [-0.3, -0.25) is 19.2 Å². The molecule has 0 aromatic rings. The van der Waals surface area contributed by atoms with Crippen LogP contribution < -0.4 is 5.32 Å². The molecule has 9 nitrogen and oxygen atoms in total. The van der Waals surface area contributed by atoms with Gasteiger partial charge in [0.15, 0.2) is 5.12 Å². The third-order valence-electron chi connectivity index (χ3n) is 3.04. The van der Waals surface area contributed by atoms with Crippen molar-refractivity contribution in [2.75, 3.05) is 27.1 Å². The Morgan fingerprint density at radius 1 is 0.840 bits per heavy atom. The highest BCUT2D eigenvalue weighted by Crippen LogP contribution is 2.12. The Kier molecular flexibility index (Phi) is 12.1. The van der Waals surface area contributed by atoms with Crippen molar-refractivity contribution in [3.63, 3.8) is 0 Å². The van der Waals surface area contributed by atoms with E-state index >= 15 is 0 Å². The molecule has 1 N–H and O–H groups in total. The van der Waals surface area contributed by atoms with Crippen molar-refractivity contribution in [1.82, 2.24) is 5.32 Å². The molecule has 10 heteroatoms. The van der Waals surface area contributed by atoms with Gasteiger partial charge in [0, 0.05) is 18.6 Å². The quantitative estimate of drug-likeness (QED) is 0.397. The number of thioether (sulfide) groups is 1. The Morgan fingerprint density at radius 2 is 1.40 bits per heavy atom. The predicted molar refractivity (Wildman–Crippen MR) is 88.5 cm³/mol. The van der Waals surface area contributed by atoms with Gasteiger partial charge in [-0.1, -0.05) is 11.8 Å². The van der Waals surface area contributed by atoms with E-state index in [1.807, 2.05) is 0 Å².